The molecule has 1 aliphatic carbocycles. The molecule has 0 unspecified atom stereocenters. The third-order valence-electron chi connectivity index (χ3n) is 6.09. The Morgan fingerprint density at radius 2 is 1.87 bits per heavy atom. The van der Waals surface area contributed by atoms with Crippen LogP contribution in [0.1, 0.15) is 44.0 Å². The van der Waals surface area contributed by atoms with Gasteiger partial charge in [-0.25, -0.2) is 9.97 Å². The molecule has 168 valence electrons. The van der Waals surface area contributed by atoms with Crippen molar-refractivity contribution in [2.45, 2.75) is 49.7 Å². The largest absolute Gasteiger partial charge is 0.356 e. The van der Waals surface area contributed by atoms with Crippen molar-refractivity contribution in [1.82, 2.24) is 34.9 Å². The first-order valence-corrected chi connectivity index (χ1v) is 12.5. The first kappa shape index (κ1) is 21.9. The van der Waals surface area contributed by atoms with Gasteiger partial charge in [0.1, 0.15) is 5.82 Å². The third-order valence-corrected chi connectivity index (χ3v) is 6.74. The van der Waals surface area contributed by atoms with Crippen molar-refractivity contribution in [2.75, 3.05) is 50.9 Å². The highest BCUT2D eigenvalue weighted by molar-refractivity contribution is 7.98. The van der Waals surface area contributed by atoms with Crippen molar-refractivity contribution in [3.05, 3.63) is 24.3 Å². The van der Waals surface area contributed by atoms with Crippen molar-refractivity contribution in [2.24, 2.45) is 4.99 Å². The summed E-state index contributed by atoms with van der Waals surface area (Å²) in [6.07, 6.45) is 12.8. The predicted molar refractivity (Wildman–Crippen MR) is 125 cm³/mol. The van der Waals surface area contributed by atoms with E-state index >= 15 is 0 Å². The summed E-state index contributed by atoms with van der Waals surface area (Å²) in [5, 5.41) is 13.5. The molecule has 2 aromatic rings. The Kier molecular flexibility index (Phi) is 7.61. The van der Waals surface area contributed by atoms with Gasteiger partial charge in [0.2, 0.25) is 5.95 Å². The van der Waals surface area contributed by atoms with Crippen LogP contribution in [0.15, 0.2) is 28.6 Å². The van der Waals surface area contributed by atoms with E-state index in [1.165, 1.54) is 25.7 Å². The molecule has 9 nitrogen and oxygen atoms in total. The summed E-state index contributed by atoms with van der Waals surface area (Å²) in [5.41, 5.74) is 0. The molecule has 1 N–H and O–H groups in total. The van der Waals surface area contributed by atoms with Gasteiger partial charge in [0.15, 0.2) is 11.1 Å². The molecular formula is C21H33N9S. The molecule has 2 aliphatic rings. The predicted octanol–water partition coefficient (Wildman–Crippen LogP) is 2.24. The summed E-state index contributed by atoms with van der Waals surface area (Å²) >= 11 is 1.70. The van der Waals surface area contributed by atoms with Gasteiger partial charge in [-0.05, 0) is 31.6 Å². The monoisotopic (exact) mass is 443 g/mol. The minimum atomic E-state index is 0.582. The second-order valence-corrected chi connectivity index (χ2v) is 8.79. The number of aliphatic imine (C=N–C) groups is 1. The number of thioether (sulfide) groups is 1. The van der Waals surface area contributed by atoms with Crippen LogP contribution in [0.3, 0.4) is 0 Å². The number of nitrogens with zero attached hydrogens (tertiary/aromatic N) is 8. The minimum Gasteiger partial charge on any atom is -0.356 e. The maximum atomic E-state index is 4.50. The number of aryl methyl sites for hydroxylation is 1. The summed E-state index contributed by atoms with van der Waals surface area (Å²) in [6.45, 7) is 4.48. The molecule has 1 saturated carbocycles. The van der Waals surface area contributed by atoms with Crippen LogP contribution in [0.5, 0.6) is 0 Å². The van der Waals surface area contributed by atoms with E-state index in [-0.39, 0.29) is 0 Å². The van der Waals surface area contributed by atoms with Crippen molar-refractivity contribution < 1.29 is 0 Å². The number of hydrogen-bond donors (Lipinski definition) is 1. The number of anilines is 1. The van der Waals surface area contributed by atoms with Crippen LogP contribution < -0.4 is 10.2 Å². The van der Waals surface area contributed by atoms with E-state index in [0.29, 0.717) is 6.04 Å². The molecule has 0 aromatic carbocycles. The normalized spacial score (nSPS) is 18.1. The number of nitrogens with one attached hydrogen (secondary N) is 1. The Labute approximate surface area is 188 Å². The first-order chi connectivity index (χ1) is 15.3. The molecule has 1 saturated heterocycles. The van der Waals surface area contributed by atoms with Gasteiger partial charge < -0.3 is 19.7 Å². The molecule has 2 aromatic heterocycles. The second-order valence-electron chi connectivity index (χ2n) is 8.01. The Morgan fingerprint density at radius 1 is 1.13 bits per heavy atom. The van der Waals surface area contributed by atoms with Crippen LogP contribution in [-0.4, -0.2) is 81.6 Å². The van der Waals surface area contributed by atoms with Crippen LogP contribution in [0.2, 0.25) is 0 Å². The van der Waals surface area contributed by atoms with Crippen LogP contribution in [-0.2, 0) is 6.42 Å². The quantitative estimate of drug-likeness (QED) is 0.302. The molecule has 0 radical (unpaired) electrons. The lowest BCUT2D eigenvalue weighted by Gasteiger charge is -2.36. The van der Waals surface area contributed by atoms with Gasteiger partial charge in [-0.3, -0.25) is 4.99 Å². The van der Waals surface area contributed by atoms with Crippen LogP contribution in [0.25, 0.3) is 0 Å². The lowest BCUT2D eigenvalue weighted by Crippen LogP contribution is -2.53. The van der Waals surface area contributed by atoms with Crippen LogP contribution >= 0.6 is 11.8 Å². The van der Waals surface area contributed by atoms with Gasteiger partial charge in [0.05, 0.1) is 0 Å². The Hall–Kier alpha value is -2.36. The van der Waals surface area contributed by atoms with Gasteiger partial charge in [-0.15, -0.1) is 10.2 Å². The fraction of sp³-hybridized carbons (Fsp3) is 0.667. The first-order valence-electron chi connectivity index (χ1n) is 11.3. The smallest absolute Gasteiger partial charge is 0.225 e. The Morgan fingerprint density at radius 3 is 2.55 bits per heavy atom. The molecule has 2 fully saturated rings. The highest BCUT2D eigenvalue weighted by Gasteiger charge is 2.24. The van der Waals surface area contributed by atoms with E-state index in [9.17, 15) is 0 Å². The molecule has 0 spiro atoms. The average Bonchev–Trinajstić information content (AvgIpc) is 3.49. The average molecular weight is 444 g/mol. The maximum absolute atomic E-state index is 4.50. The number of piperazine rings is 1. The zero-order chi connectivity index (χ0) is 21.5. The molecule has 10 heteroatoms. The van der Waals surface area contributed by atoms with E-state index < -0.39 is 0 Å². The fourth-order valence-corrected chi connectivity index (χ4v) is 5.07. The minimum absolute atomic E-state index is 0.582. The van der Waals surface area contributed by atoms with Gasteiger partial charge in [0, 0.05) is 64.6 Å². The highest BCUT2D eigenvalue weighted by atomic mass is 32.2. The summed E-state index contributed by atoms with van der Waals surface area (Å²) < 4.78 is 2.40. The molecule has 31 heavy (non-hydrogen) atoms. The lowest BCUT2D eigenvalue weighted by atomic mass is 10.2. The van der Waals surface area contributed by atoms with Crippen molar-refractivity contribution in [3.8, 4) is 0 Å². The van der Waals surface area contributed by atoms with E-state index in [1.54, 1.807) is 24.2 Å². The van der Waals surface area contributed by atoms with Gasteiger partial charge >= 0.3 is 0 Å². The summed E-state index contributed by atoms with van der Waals surface area (Å²) in [6, 6.07) is 2.43. The summed E-state index contributed by atoms with van der Waals surface area (Å²) in [7, 11) is 1.86. The molecular weight excluding hydrogens is 410 g/mol. The lowest BCUT2D eigenvalue weighted by molar-refractivity contribution is 0.370. The highest BCUT2D eigenvalue weighted by Crippen LogP contribution is 2.33. The summed E-state index contributed by atoms with van der Waals surface area (Å²) in [4.78, 5) is 17.8. The zero-order valence-corrected chi connectivity index (χ0v) is 19.4. The number of hydrogen-bond acceptors (Lipinski definition) is 7. The topological polar surface area (TPSA) is 87.4 Å². The standard InChI is InChI=1S/C21H33N9S/c1-22-19(28-13-15-29(16-14-28)20-24-11-6-12-25-20)23-10-5-9-18-26-27-21(31-2)30(18)17-7-3-4-8-17/h6,11-12,17H,3-5,7-10,13-16H2,1-2H3,(H,22,23). The van der Waals surface area contributed by atoms with Gasteiger partial charge in [-0.2, -0.15) is 0 Å². The van der Waals surface area contributed by atoms with Crippen molar-refractivity contribution in [3.63, 3.8) is 0 Å². The van der Waals surface area contributed by atoms with Crippen LogP contribution in [0.4, 0.5) is 5.95 Å². The Bertz CT molecular complexity index is 840. The van der Waals surface area contributed by atoms with Gasteiger partial charge in [-0.1, -0.05) is 24.6 Å². The van der Waals surface area contributed by atoms with E-state index in [4.69, 9.17) is 0 Å². The third kappa shape index (κ3) is 5.28. The van der Waals surface area contributed by atoms with E-state index in [2.05, 4.69) is 51.1 Å². The number of aromatic nitrogens is 5. The Balaban J connectivity index is 1.25. The molecule has 0 amide bonds. The molecule has 0 atom stereocenters. The molecule has 0 bridgehead atoms. The van der Waals surface area contributed by atoms with Crippen molar-refractivity contribution in [1.29, 1.82) is 0 Å². The second kappa shape index (κ2) is 10.8. The van der Waals surface area contributed by atoms with Crippen LogP contribution in [0, 0.1) is 0 Å². The van der Waals surface area contributed by atoms with E-state index in [0.717, 1.165) is 68.5 Å². The fourth-order valence-electron chi connectivity index (χ4n) is 4.50. The number of rotatable bonds is 7. The number of guanidine groups is 1. The molecule has 4 rings (SSSR count). The molecule has 1 aliphatic heterocycles. The van der Waals surface area contributed by atoms with Crippen molar-refractivity contribution >= 4 is 23.7 Å². The maximum Gasteiger partial charge on any atom is 0.225 e. The summed E-state index contributed by atoms with van der Waals surface area (Å²) in [5.74, 6) is 2.90. The van der Waals surface area contributed by atoms with E-state index in [1.807, 2.05) is 13.1 Å². The molecule has 3 heterocycles. The SMILES string of the molecule is CN=C(NCCCc1nnc(SC)n1C1CCCC1)N1CCN(c2ncccn2)CC1. The zero-order valence-electron chi connectivity index (χ0n) is 18.6. The van der Waals surface area contributed by atoms with Gasteiger partial charge in [0.25, 0.3) is 0 Å².